The highest BCUT2D eigenvalue weighted by Gasteiger charge is 2.19. The molecule has 0 amide bonds. The van der Waals surface area contributed by atoms with E-state index in [9.17, 15) is 8.42 Å². The summed E-state index contributed by atoms with van der Waals surface area (Å²) in [4.78, 5) is 12.9. The predicted molar refractivity (Wildman–Crippen MR) is 151 cm³/mol. The van der Waals surface area contributed by atoms with Crippen LogP contribution in [0.4, 0.5) is 5.82 Å². The number of nitrogens with zero attached hydrogens (tertiary/aromatic N) is 4. The molecule has 206 valence electrons. The molecule has 1 N–H and O–H groups in total. The van der Waals surface area contributed by atoms with Gasteiger partial charge < -0.3 is 24.0 Å². The number of aromatic nitrogens is 2. The van der Waals surface area contributed by atoms with E-state index in [0.29, 0.717) is 22.7 Å². The second-order valence-electron chi connectivity index (χ2n) is 8.99. The maximum absolute atomic E-state index is 12.9. The molecule has 3 aromatic rings. The van der Waals surface area contributed by atoms with Crippen molar-refractivity contribution in [2.75, 3.05) is 59.2 Å². The Hall–Kier alpha value is -2.93. The molecule has 0 bridgehead atoms. The number of likely N-dealkylation sites (N-methyl/N-ethyl adjacent to an activating group) is 2. The molecule has 12 heteroatoms. The fourth-order valence-electron chi connectivity index (χ4n) is 3.30. The van der Waals surface area contributed by atoms with Crippen molar-refractivity contribution in [1.29, 1.82) is 0 Å². The molecule has 2 aromatic carbocycles. The van der Waals surface area contributed by atoms with E-state index in [4.69, 9.17) is 14.2 Å². The normalized spacial score (nSPS) is 11.6. The van der Waals surface area contributed by atoms with E-state index in [0.717, 1.165) is 30.8 Å². The quantitative estimate of drug-likeness (QED) is 0.293. The molecule has 0 spiro atoms. The van der Waals surface area contributed by atoms with E-state index in [-0.39, 0.29) is 23.2 Å². The van der Waals surface area contributed by atoms with Crippen LogP contribution in [-0.4, -0.2) is 82.7 Å². The van der Waals surface area contributed by atoms with Crippen LogP contribution < -0.4 is 18.9 Å². The van der Waals surface area contributed by atoms with E-state index in [1.54, 1.807) is 25.3 Å². The number of nitrogens with one attached hydrogen (secondary N) is 1. The van der Waals surface area contributed by atoms with Crippen molar-refractivity contribution in [3.63, 3.8) is 0 Å². The Bertz CT molecular complexity index is 1310. The number of methoxy groups -OCH3 is 1. The molecular formula is C26H34BrN5O5S. The minimum atomic E-state index is -3.88. The van der Waals surface area contributed by atoms with Crippen molar-refractivity contribution in [1.82, 2.24) is 19.8 Å². The summed E-state index contributed by atoms with van der Waals surface area (Å²) in [6.07, 6.45) is 1.40. The number of rotatable bonds is 14. The summed E-state index contributed by atoms with van der Waals surface area (Å²) >= 11 is 3.27. The number of ether oxygens (including phenoxy) is 3. The molecular weight excluding hydrogens is 574 g/mol. The van der Waals surface area contributed by atoms with Gasteiger partial charge in [-0.05, 0) is 73.8 Å². The van der Waals surface area contributed by atoms with Crippen LogP contribution in [0, 0.1) is 6.92 Å². The fourth-order valence-corrected chi connectivity index (χ4v) is 4.57. The zero-order valence-corrected chi connectivity index (χ0v) is 24.7. The number of hydrogen-bond acceptors (Lipinski definition) is 9. The van der Waals surface area contributed by atoms with E-state index in [2.05, 4.69) is 47.5 Å². The SMILES string of the molecule is COc1ccc(COc2nc(Br)cnc2NS(=O)(=O)c2ccc(C)cc2)cc1OCCN(C)CCN(C)C. The van der Waals surface area contributed by atoms with Gasteiger partial charge >= 0.3 is 0 Å². The smallest absolute Gasteiger partial charge is 0.263 e. The van der Waals surface area contributed by atoms with Crippen LogP contribution in [0.25, 0.3) is 0 Å². The van der Waals surface area contributed by atoms with Crippen LogP contribution in [0.2, 0.25) is 0 Å². The number of aryl methyl sites for hydroxylation is 1. The lowest BCUT2D eigenvalue weighted by atomic mass is 10.2. The molecule has 0 saturated carbocycles. The number of anilines is 1. The zero-order valence-electron chi connectivity index (χ0n) is 22.3. The first-order valence-corrected chi connectivity index (χ1v) is 14.2. The van der Waals surface area contributed by atoms with Crippen molar-refractivity contribution in [3.05, 3.63) is 64.4 Å². The lowest BCUT2D eigenvalue weighted by Crippen LogP contribution is -2.31. The second-order valence-corrected chi connectivity index (χ2v) is 11.5. The summed E-state index contributed by atoms with van der Waals surface area (Å²) in [5.41, 5.74) is 1.74. The Morgan fingerprint density at radius 3 is 2.39 bits per heavy atom. The fraction of sp³-hybridized carbons (Fsp3) is 0.385. The van der Waals surface area contributed by atoms with Crippen LogP contribution in [0.3, 0.4) is 0 Å². The van der Waals surface area contributed by atoms with Crippen molar-refractivity contribution in [3.8, 4) is 17.4 Å². The van der Waals surface area contributed by atoms with E-state index >= 15 is 0 Å². The zero-order chi connectivity index (χ0) is 27.7. The van der Waals surface area contributed by atoms with Crippen molar-refractivity contribution < 1.29 is 22.6 Å². The maximum atomic E-state index is 12.9. The standard InChI is InChI=1S/C26H34BrN5O5S/c1-19-6-9-21(10-7-19)38(33,34)30-25-26(29-24(27)17-28-25)37-18-20-8-11-22(35-5)23(16-20)36-15-14-32(4)13-12-31(2)3/h6-11,16-17H,12-15,18H2,1-5H3,(H,28,30). The number of hydrogen-bond donors (Lipinski definition) is 1. The lowest BCUT2D eigenvalue weighted by molar-refractivity contribution is 0.216. The van der Waals surface area contributed by atoms with Gasteiger partial charge in [0.15, 0.2) is 11.5 Å². The maximum Gasteiger partial charge on any atom is 0.263 e. The van der Waals surface area contributed by atoms with Crippen molar-refractivity contribution in [2.24, 2.45) is 0 Å². The van der Waals surface area contributed by atoms with Gasteiger partial charge in [-0.1, -0.05) is 23.8 Å². The average molecular weight is 609 g/mol. The van der Waals surface area contributed by atoms with Crippen molar-refractivity contribution in [2.45, 2.75) is 18.4 Å². The summed E-state index contributed by atoms with van der Waals surface area (Å²) in [5.74, 6) is 1.23. The first kappa shape index (κ1) is 29.6. The van der Waals surface area contributed by atoms with E-state index < -0.39 is 10.0 Å². The minimum absolute atomic E-state index is 0.0143. The van der Waals surface area contributed by atoms with E-state index in [1.165, 1.54) is 18.3 Å². The average Bonchev–Trinajstić information content (AvgIpc) is 2.88. The molecule has 0 aliphatic heterocycles. The number of benzene rings is 2. The van der Waals surface area contributed by atoms with Gasteiger partial charge in [-0.15, -0.1) is 0 Å². The van der Waals surface area contributed by atoms with Crippen LogP contribution in [0.1, 0.15) is 11.1 Å². The van der Waals surface area contributed by atoms with Crippen LogP contribution in [0.5, 0.6) is 17.4 Å². The van der Waals surface area contributed by atoms with Crippen molar-refractivity contribution >= 4 is 31.8 Å². The number of sulfonamides is 1. The molecule has 1 heterocycles. The highest BCUT2D eigenvalue weighted by molar-refractivity contribution is 9.10. The number of halogens is 1. The Morgan fingerprint density at radius 1 is 0.974 bits per heavy atom. The highest BCUT2D eigenvalue weighted by Crippen LogP contribution is 2.30. The molecule has 38 heavy (non-hydrogen) atoms. The summed E-state index contributed by atoms with van der Waals surface area (Å²) in [7, 11) is 3.85. The van der Waals surface area contributed by atoms with Gasteiger partial charge in [0.2, 0.25) is 5.82 Å². The molecule has 0 fully saturated rings. The molecule has 10 nitrogen and oxygen atoms in total. The topological polar surface area (TPSA) is 106 Å². The third-order valence-corrected chi connectivity index (χ3v) is 7.27. The minimum Gasteiger partial charge on any atom is -0.493 e. The monoisotopic (exact) mass is 607 g/mol. The third-order valence-electron chi connectivity index (χ3n) is 5.54. The van der Waals surface area contributed by atoms with Gasteiger partial charge in [0, 0.05) is 19.6 Å². The van der Waals surface area contributed by atoms with Gasteiger partial charge in [-0.2, -0.15) is 0 Å². The Morgan fingerprint density at radius 2 is 1.71 bits per heavy atom. The molecule has 0 radical (unpaired) electrons. The molecule has 3 rings (SSSR count). The molecule has 1 aromatic heterocycles. The van der Waals surface area contributed by atoms with Gasteiger partial charge in [0.25, 0.3) is 15.9 Å². The lowest BCUT2D eigenvalue weighted by Gasteiger charge is -2.20. The Kier molecular flexibility index (Phi) is 10.7. The Labute approximate surface area is 233 Å². The first-order chi connectivity index (χ1) is 18.1. The van der Waals surface area contributed by atoms with E-state index in [1.807, 2.05) is 33.2 Å². The van der Waals surface area contributed by atoms with Crippen LogP contribution >= 0.6 is 15.9 Å². The third kappa shape index (κ3) is 8.83. The predicted octanol–water partition coefficient (Wildman–Crippen LogP) is 3.81. The molecule has 0 aliphatic rings. The molecule has 0 aliphatic carbocycles. The summed E-state index contributed by atoms with van der Waals surface area (Å²) in [5, 5.41) is 0. The largest absolute Gasteiger partial charge is 0.493 e. The summed E-state index contributed by atoms with van der Waals surface area (Å²) in [6.45, 7) is 5.14. The summed E-state index contributed by atoms with van der Waals surface area (Å²) in [6, 6.07) is 12.0. The van der Waals surface area contributed by atoms with Crippen LogP contribution in [0.15, 0.2) is 58.2 Å². The molecule has 0 saturated heterocycles. The summed E-state index contributed by atoms with van der Waals surface area (Å²) < 4.78 is 46.0. The first-order valence-electron chi connectivity index (χ1n) is 11.9. The highest BCUT2D eigenvalue weighted by atomic mass is 79.9. The van der Waals surface area contributed by atoms with Gasteiger partial charge in [0.05, 0.1) is 18.2 Å². The second kappa shape index (κ2) is 13.7. The molecule has 0 atom stereocenters. The molecule has 0 unspecified atom stereocenters. The van der Waals surface area contributed by atoms with Crippen LogP contribution in [-0.2, 0) is 16.6 Å². The Balaban J connectivity index is 1.69. The van der Waals surface area contributed by atoms with Gasteiger partial charge in [0.1, 0.15) is 17.8 Å². The van der Waals surface area contributed by atoms with Gasteiger partial charge in [-0.25, -0.2) is 18.4 Å². The van der Waals surface area contributed by atoms with Gasteiger partial charge in [-0.3, -0.25) is 4.72 Å².